The highest BCUT2D eigenvalue weighted by molar-refractivity contribution is 5.85. The van der Waals surface area contributed by atoms with Crippen LogP contribution in [-0.4, -0.2) is 47.9 Å². The normalized spacial score (nSPS) is 21.9. The Kier molecular flexibility index (Phi) is 6.32. The highest BCUT2D eigenvalue weighted by Crippen LogP contribution is 2.30. The molecule has 2 aliphatic rings. The molecule has 1 amide bonds. The predicted octanol–water partition coefficient (Wildman–Crippen LogP) is 3.65. The summed E-state index contributed by atoms with van der Waals surface area (Å²) in [6.45, 7) is 5.84. The molecule has 1 aromatic carbocycles. The largest absolute Gasteiger partial charge is 0.376 e. The Balaban J connectivity index is 1.49. The fourth-order valence-electron chi connectivity index (χ4n) is 4.10. The van der Waals surface area contributed by atoms with E-state index in [1.807, 2.05) is 18.7 Å². The number of hydrogen-bond donors (Lipinski definition) is 1. The molecule has 0 aliphatic carbocycles. The monoisotopic (exact) mass is 416 g/mol. The highest BCUT2D eigenvalue weighted by Gasteiger charge is 2.31. The summed E-state index contributed by atoms with van der Waals surface area (Å²) in [7, 11) is 0. The van der Waals surface area contributed by atoms with Crippen LogP contribution in [0.4, 0.5) is 10.1 Å². The van der Waals surface area contributed by atoms with Gasteiger partial charge in [-0.1, -0.05) is 19.0 Å². The average Bonchev–Trinajstić information content (AvgIpc) is 3.44. The van der Waals surface area contributed by atoms with E-state index in [-0.39, 0.29) is 29.8 Å². The number of piperidine rings is 1. The number of nitrogens with one attached hydrogen (secondary N) is 1. The van der Waals surface area contributed by atoms with E-state index < -0.39 is 0 Å². The lowest BCUT2D eigenvalue weighted by atomic mass is 9.99. The summed E-state index contributed by atoms with van der Waals surface area (Å²) in [4.78, 5) is 19.1. The summed E-state index contributed by atoms with van der Waals surface area (Å²) in [5.74, 6) is 0.551. The van der Waals surface area contributed by atoms with Crippen LogP contribution in [0.2, 0.25) is 0 Å². The van der Waals surface area contributed by atoms with E-state index in [9.17, 15) is 4.79 Å². The van der Waals surface area contributed by atoms with Crippen molar-refractivity contribution in [2.24, 2.45) is 0 Å². The number of anilines is 1. The van der Waals surface area contributed by atoms with Gasteiger partial charge in [-0.3, -0.25) is 4.79 Å². The van der Waals surface area contributed by atoms with Crippen molar-refractivity contribution < 1.29 is 18.4 Å². The van der Waals surface area contributed by atoms with E-state index in [1.165, 1.54) is 6.07 Å². The summed E-state index contributed by atoms with van der Waals surface area (Å²) in [5, 5.41) is 6.96. The fraction of sp³-hybridized carbons (Fsp3) is 0.591. The van der Waals surface area contributed by atoms with Gasteiger partial charge in [-0.05, 0) is 50.3 Å². The molecular weight excluding hydrogens is 387 g/mol. The van der Waals surface area contributed by atoms with Gasteiger partial charge in [-0.25, -0.2) is 4.39 Å². The van der Waals surface area contributed by atoms with Gasteiger partial charge in [-0.2, -0.15) is 4.98 Å². The molecule has 0 saturated carbocycles. The van der Waals surface area contributed by atoms with Crippen LogP contribution in [0.1, 0.15) is 57.8 Å². The predicted molar refractivity (Wildman–Crippen MR) is 111 cm³/mol. The lowest BCUT2D eigenvalue weighted by Crippen LogP contribution is -2.51. The number of hydrogen-bond acceptors (Lipinski definition) is 6. The fourth-order valence-corrected chi connectivity index (χ4v) is 4.10. The number of amides is 1. The zero-order valence-corrected chi connectivity index (χ0v) is 17.6. The Labute approximate surface area is 176 Å². The van der Waals surface area contributed by atoms with E-state index in [4.69, 9.17) is 9.26 Å². The first kappa shape index (κ1) is 20.8. The molecule has 30 heavy (non-hydrogen) atoms. The summed E-state index contributed by atoms with van der Waals surface area (Å²) in [5.41, 5.74) is 0.992. The zero-order chi connectivity index (χ0) is 21.1. The van der Waals surface area contributed by atoms with Crippen LogP contribution >= 0.6 is 0 Å². The van der Waals surface area contributed by atoms with Gasteiger partial charge in [0.05, 0.1) is 11.8 Å². The smallest absolute Gasteiger partial charge is 0.242 e. The van der Waals surface area contributed by atoms with E-state index in [0.29, 0.717) is 42.5 Å². The Morgan fingerprint density at radius 3 is 2.87 bits per heavy atom. The van der Waals surface area contributed by atoms with Gasteiger partial charge in [0, 0.05) is 31.2 Å². The second-order valence-electron chi connectivity index (χ2n) is 8.36. The first-order valence-corrected chi connectivity index (χ1v) is 10.8. The number of carbonyl (C=O) groups is 1. The van der Waals surface area contributed by atoms with Crippen molar-refractivity contribution in [2.45, 2.75) is 64.0 Å². The molecule has 2 aliphatic heterocycles. The number of aromatic nitrogens is 2. The van der Waals surface area contributed by atoms with Crippen LogP contribution in [0, 0.1) is 5.82 Å². The van der Waals surface area contributed by atoms with Crippen molar-refractivity contribution in [3.8, 4) is 11.4 Å². The Bertz CT molecular complexity index is 879. The van der Waals surface area contributed by atoms with Crippen LogP contribution in [-0.2, 0) is 9.53 Å². The average molecular weight is 416 g/mol. The topological polar surface area (TPSA) is 80.5 Å². The van der Waals surface area contributed by atoms with Crippen molar-refractivity contribution in [2.75, 3.05) is 24.6 Å². The quantitative estimate of drug-likeness (QED) is 0.774. The molecule has 3 heterocycles. The third-order valence-electron chi connectivity index (χ3n) is 5.78. The first-order valence-electron chi connectivity index (χ1n) is 10.8. The van der Waals surface area contributed by atoms with E-state index in [1.54, 1.807) is 12.1 Å². The molecule has 2 fully saturated rings. The molecule has 0 bridgehead atoms. The lowest BCUT2D eigenvalue weighted by molar-refractivity contribution is -0.123. The first-order chi connectivity index (χ1) is 14.5. The molecule has 1 N–H and O–H groups in total. The van der Waals surface area contributed by atoms with E-state index in [2.05, 4.69) is 15.5 Å². The Morgan fingerprint density at radius 2 is 2.17 bits per heavy atom. The number of halogens is 1. The SMILES string of the molecule is CC(C)c1nc(-c2ccc(N3CCCCC3C(=O)NCC3CCCO3)c(F)c2)no1. The molecule has 7 nitrogen and oxygen atoms in total. The molecule has 1 aromatic heterocycles. The molecule has 162 valence electrons. The summed E-state index contributed by atoms with van der Waals surface area (Å²) in [6.07, 6.45) is 4.69. The summed E-state index contributed by atoms with van der Waals surface area (Å²) >= 11 is 0. The van der Waals surface area contributed by atoms with Crippen molar-refractivity contribution in [1.29, 1.82) is 0 Å². The van der Waals surface area contributed by atoms with Crippen molar-refractivity contribution in [3.05, 3.63) is 29.9 Å². The summed E-state index contributed by atoms with van der Waals surface area (Å²) in [6, 6.07) is 4.53. The number of benzene rings is 1. The maximum atomic E-state index is 15.1. The minimum absolute atomic E-state index is 0.0616. The maximum Gasteiger partial charge on any atom is 0.242 e. The molecule has 2 aromatic rings. The Morgan fingerprint density at radius 1 is 1.30 bits per heavy atom. The van der Waals surface area contributed by atoms with Gasteiger partial charge < -0.3 is 19.5 Å². The third kappa shape index (κ3) is 4.48. The van der Waals surface area contributed by atoms with E-state index >= 15 is 4.39 Å². The molecular formula is C22H29FN4O3. The zero-order valence-electron chi connectivity index (χ0n) is 17.6. The molecule has 2 unspecified atom stereocenters. The number of rotatable bonds is 6. The van der Waals surface area contributed by atoms with Gasteiger partial charge >= 0.3 is 0 Å². The van der Waals surface area contributed by atoms with Crippen LogP contribution in [0.25, 0.3) is 11.4 Å². The number of carbonyl (C=O) groups excluding carboxylic acids is 1. The molecule has 0 radical (unpaired) electrons. The lowest BCUT2D eigenvalue weighted by Gasteiger charge is -2.36. The molecule has 4 rings (SSSR count). The third-order valence-corrected chi connectivity index (χ3v) is 5.78. The van der Waals surface area contributed by atoms with Crippen LogP contribution in [0.15, 0.2) is 22.7 Å². The van der Waals surface area contributed by atoms with Gasteiger partial charge in [-0.15, -0.1) is 0 Å². The number of ether oxygens (including phenoxy) is 1. The maximum absolute atomic E-state index is 15.1. The number of nitrogens with zero attached hydrogens (tertiary/aromatic N) is 3. The van der Waals surface area contributed by atoms with Crippen LogP contribution in [0.5, 0.6) is 0 Å². The molecule has 8 heteroatoms. The Hall–Kier alpha value is -2.48. The van der Waals surface area contributed by atoms with Gasteiger partial charge in [0.2, 0.25) is 17.6 Å². The standard InChI is InChI=1S/C22H29FN4O3/c1-14(2)22-25-20(26-30-22)15-8-9-18(17(23)12-15)27-10-4-3-7-19(27)21(28)24-13-16-6-5-11-29-16/h8-9,12,14,16,19H,3-7,10-11,13H2,1-2H3,(H,24,28). The van der Waals surface area contributed by atoms with Crippen LogP contribution in [0.3, 0.4) is 0 Å². The molecule has 2 atom stereocenters. The highest BCUT2D eigenvalue weighted by atomic mass is 19.1. The minimum atomic E-state index is -0.387. The van der Waals surface area contributed by atoms with Crippen molar-refractivity contribution in [3.63, 3.8) is 0 Å². The molecule has 2 saturated heterocycles. The van der Waals surface area contributed by atoms with Crippen molar-refractivity contribution in [1.82, 2.24) is 15.5 Å². The minimum Gasteiger partial charge on any atom is -0.376 e. The van der Waals surface area contributed by atoms with Crippen LogP contribution < -0.4 is 10.2 Å². The second kappa shape index (κ2) is 9.12. The van der Waals surface area contributed by atoms with E-state index in [0.717, 1.165) is 32.3 Å². The molecule has 0 spiro atoms. The van der Waals surface area contributed by atoms with Gasteiger partial charge in [0.1, 0.15) is 11.9 Å². The van der Waals surface area contributed by atoms with Gasteiger partial charge in [0.15, 0.2) is 0 Å². The summed E-state index contributed by atoms with van der Waals surface area (Å²) < 4.78 is 25.9. The van der Waals surface area contributed by atoms with Crippen molar-refractivity contribution >= 4 is 11.6 Å². The second-order valence-corrected chi connectivity index (χ2v) is 8.36. The van der Waals surface area contributed by atoms with Gasteiger partial charge in [0.25, 0.3) is 0 Å².